The number of phosphoric ester groups is 1. The Hall–Kier alpha value is -1.71. The van der Waals surface area contributed by atoms with Crippen LogP contribution in [-0.4, -0.2) is 65.1 Å². The molecule has 0 spiro atoms. The zero-order valence-corrected chi connectivity index (χ0v) is 15.6. The number of aliphatic hydroxyl groups is 2. The molecule has 1 aliphatic heterocycles. The molecule has 7 N–H and O–H groups in total. The maximum Gasteiger partial charge on any atom is 0.485 e. The smallest absolute Gasteiger partial charge is 0.385 e. The van der Waals surface area contributed by atoms with Gasteiger partial charge in [-0.25, -0.2) is 14.1 Å². The summed E-state index contributed by atoms with van der Waals surface area (Å²) in [5.41, 5.74) is 4.57. The zero-order valence-electron chi connectivity index (χ0n) is 13.8. The number of H-pyrrole nitrogens is 1. The van der Waals surface area contributed by atoms with Crippen molar-refractivity contribution in [3.63, 3.8) is 0 Å². The van der Waals surface area contributed by atoms with Crippen LogP contribution in [0.5, 0.6) is 0 Å². The SMILES string of the molecule is COP(=O)(O[C@H]1O[C@@H](n2cnc3c(=O)[nH]c(N)nc32)[C@H](O)[C@H]1O)OP(=O)(O)O. The molecule has 3 heterocycles. The number of nitrogen functional groups attached to an aromatic ring is 1. The average molecular weight is 443 g/mol. The molecule has 1 saturated heterocycles. The molecule has 0 aromatic carbocycles. The molecule has 1 fully saturated rings. The number of phosphoric acid groups is 2. The van der Waals surface area contributed by atoms with E-state index in [2.05, 4.69) is 23.8 Å². The van der Waals surface area contributed by atoms with Crippen LogP contribution in [0.25, 0.3) is 11.2 Å². The van der Waals surface area contributed by atoms with Crippen molar-refractivity contribution in [2.45, 2.75) is 24.7 Å². The van der Waals surface area contributed by atoms with Crippen molar-refractivity contribution in [3.8, 4) is 0 Å². The van der Waals surface area contributed by atoms with E-state index in [9.17, 15) is 24.1 Å². The Morgan fingerprint density at radius 1 is 1.32 bits per heavy atom. The number of nitrogens with one attached hydrogen (secondary N) is 1. The van der Waals surface area contributed by atoms with Gasteiger partial charge >= 0.3 is 15.6 Å². The van der Waals surface area contributed by atoms with Gasteiger partial charge in [-0.15, -0.1) is 0 Å². The summed E-state index contributed by atoms with van der Waals surface area (Å²) in [4.78, 5) is 39.3. The number of hydrogen-bond acceptors (Lipinski definition) is 12. The van der Waals surface area contributed by atoms with E-state index < -0.39 is 45.9 Å². The van der Waals surface area contributed by atoms with Gasteiger partial charge in [-0.3, -0.25) is 23.4 Å². The molecule has 18 heteroatoms. The Balaban J connectivity index is 1.90. The first-order valence-electron chi connectivity index (χ1n) is 7.29. The predicted octanol–water partition coefficient (Wildman–Crippen LogP) is -1.84. The number of aromatic amines is 1. The van der Waals surface area contributed by atoms with Crippen LogP contribution in [-0.2, 0) is 27.2 Å². The molecule has 16 nitrogen and oxygen atoms in total. The third-order valence-corrected chi connectivity index (χ3v) is 6.15. The first kappa shape index (κ1) is 21.0. The first-order chi connectivity index (χ1) is 12.9. The van der Waals surface area contributed by atoms with E-state index in [1.165, 1.54) is 0 Å². The van der Waals surface area contributed by atoms with E-state index in [0.29, 0.717) is 0 Å². The maximum absolute atomic E-state index is 12.2. The fraction of sp³-hybridized carbons (Fsp3) is 0.500. The third kappa shape index (κ3) is 4.01. The highest BCUT2D eigenvalue weighted by atomic mass is 31.3. The van der Waals surface area contributed by atoms with Gasteiger partial charge in [-0.2, -0.15) is 9.29 Å². The van der Waals surface area contributed by atoms with Gasteiger partial charge in [0.1, 0.15) is 12.2 Å². The molecule has 2 aromatic heterocycles. The third-order valence-electron chi connectivity index (χ3n) is 3.58. The summed E-state index contributed by atoms with van der Waals surface area (Å²) in [6.07, 6.45) is -5.85. The normalized spacial score (nSPS) is 27.9. The largest absolute Gasteiger partial charge is 0.485 e. The summed E-state index contributed by atoms with van der Waals surface area (Å²) in [7, 11) is -9.40. The molecule has 1 aliphatic rings. The van der Waals surface area contributed by atoms with Crippen LogP contribution in [0, 0.1) is 0 Å². The lowest BCUT2D eigenvalue weighted by atomic mass is 10.2. The van der Waals surface area contributed by atoms with Gasteiger partial charge in [-0.1, -0.05) is 0 Å². The van der Waals surface area contributed by atoms with Crippen molar-refractivity contribution in [3.05, 3.63) is 16.7 Å². The molecule has 0 saturated carbocycles. The van der Waals surface area contributed by atoms with E-state index in [4.69, 9.17) is 24.8 Å². The zero-order chi connectivity index (χ0) is 20.9. The van der Waals surface area contributed by atoms with Crippen molar-refractivity contribution in [1.29, 1.82) is 0 Å². The lowest BCUT2D eigenvalue weighted by Crippen LogP contribution is -2.32. The highest BCUT2D eigenvalue weighted by molar-refractivity contribution is 7.61. The minimum absolute atomic E-state index is 0.0976. The molecule has 0 bridgehead atoms. The second-order valence-electron chi connectivity index (χ2n) is 5.46. The summed E-state index contributed by atoms with van der Waals surface area (Å²) in [6.45, 7) is 0. The molecule has 5 atom stereocenters. The lowest BCUT2D eigenvalue weighted by Gasteiger charge is -2.21. The monoisotopic (exact) mass is 443 g/mol. The topological polar surface area (TPSA) is 242 Å². The van der Waals surface area contributed by atoms with Crippen molar-refractivity contribution >= 4 is 32.8 Å². The summed E-state index contributed by atoms with van der Waals surface area (Å²) in [6, 6.07) is 0. The number of nitrogens with zero attached hydrogens (tertiary/aromatic N) is 3. The second kappa shape index (κ2) is 7.27. The van der Waals surface area contributed by atoms with Crippen LogP contribution < -0.4 is 11.3 Å². The summed E-state index contributed by atoms with van der Waals surface area (Å²) in [5, 5.41) is 20.3. The van der Waals surface area contributed by atoms with E-state index in [1.807, 2.05) is 0 Å². The van der Waals surface area contributed by atoms with Gasteiger partial charge in [0, 0.05) is 7.11 Å². The Bertz CT molecular complexity index is 1030. The molecule has 2 aromatic rings. The predicted molar refractivity (Wildman–Crippen MR) is 87.3 cm³/mol. The Kier molecular flexibility index (Phi) is 5.46. The Morgan fingerprint density at radius 3 is 2.61 bits per heavy atom. The number of hydrogen-bond donors (Lipinski definition) is 6. The summed E-state index contributed by atoms with van der Waals surface area (Å²) < 4.78 is 42.4. The van der Waals surface area contributed by atoms with Gasteiger partial charge in [-0.05, 0) is 0 Å². The van der Waals surface area contributed by atoms with E-state index in [0.717, 1.165) is 18.0 Å². The van der Waals surface area contributed by atoms with Gasteiger partial charge < -0.3 is 30.5 Å². The van der Waals surface area contributed by atoms with Gasteiger partial charge in [0.25, 0.3) is 5.56 Å². The average Bonchev–Trinajstić information content (AvgIpc) is 3.09. The van der Waals surface area contributed by atoms with Gasteiger partial charge in [0.15, 0.2) is 23.7 Å². The van der Waals surface area contributed by atoms with Crippen LogP contribution in [0.15, 0.2) is 11.1 Å². The minimum atomic E-state index is -5.29. The first-order valence-corrected chi connectivity index (χ1v) is 10.3. The highest BCUT2D eigenvalue weighted by Crippen LogP contribution is 2.62. The number of fused-ring (bicyclic) bond motifs is 1. The maximum atomic E-state index is 12.2. The standard InChI is InChI=1S/C10H15N5O11P2/c1-23-28(22,26-27(19,20)21)25-9-5(17)4(16)8(24-9)15-2-12-3-6(15)13-10(11)14-7(3)18/h2,4-5,8-9,16-17H,1H3,(H2,19,20,21)(H3,11,13,14,18)/t4-,5-,8-,9-,28?/m1/s1. The van der Waals surface area contributed by atoms with E-state index in [-0.39, 0.29) is 17.1 Å². The Labute approximate surface area is 154 Å². The number of imidazole rings is 1. The molecule has 28 heavy (non-hydrogen) atoms. The molecule has 0 aliphatic carbocycles. The Morgan fingerprint density at radius 2 is 2.00 bits per heavy atom. The summed E-state index contributed by atoms with van der Waals surface area (Å²) >= 11 is 0. The number of aliphatic hydroxyl groups excluding tert-OH is 2. The number of nitrogens with two attached hydrogens (primary N) is 1. The number of ether oxygens (including phenoxy) is 1. The van der Waals surface area contributed by atoms with Crippen LogP contribution in [0.4, 0.5) is 5.95 Å². The lowest BCUT2D eigenvalue weighted by molar-refractivity contribution is -0.134. The van der Waals surface area contributed by atoms with Crippen molar-refractivity contribution in [1.82, 2.24) is 19.5 Å². The molecular weight excluding hydrogens is 428 g/mol. The second-order valence-corrected chi connectivity index (χ2v) is 8.56. The summed E-state index contributed by atoms with van der Waals surface area (Å²) in [5.74, 6) is -0.251. The molecule has 3 rings (SSSR count). The van der Waals surface area contributed by atoms with Crippen LogP contribution in [0.2, 0.25) is 0 Å². The van der Waals surface area contributed by atoms with Gasteiger partial charge in [0.05, 0.1) is 6.33 Å². The number of aromatic nitrogens is 4. The number of rotatable bonds is 6. The van der Waals surface area contributed by atoms with Crippen molar-refractivity contribution < 1.29 is 47.2 Å². The van der Waals surface area contributed by atoms with Crippen molar-refractivity contribution in [2.24, 2.45) is 0 Å². The molecular formula is C10H15N5O11P2. The minimum Gasteiger partial charge on any atom is -0.385 e. The van der Waals surface area contributed by atoms with Gasteiger partial charge in [0.2, 0.25) is 5.95 Å². The molecule has 0 radical (unpaired) electrons. The fourth-order valence-corrected chi connectivity index (χ4v) is 4.41. The van der Waals surface area contributed by atoms with Crippen molar-refractivity contribution in [2.75, 3.05) is 12.8 Å². The fourth-order valence-electron chi connectivity index (χ4n) is 2.43. The molecule has 1 unspecified atom stereocenters. The highest BCUT2D eigenvalue weighted by Gasteiger charge is 2.50. The van der Waals surface area contributed by atoms with Crippen LogP contribution in [0.3, 0.4) is 0 Å². The number of anilines is 1. The van der Waals surface area contributed by atoms with Crippen LogP contribution >= 0.6 is 15.6 Å². The molecule has 156 valence electrons. The van der Waals surface area contributed by atoms with E-state index >= 15 is 0 Å². The van der Waals surface area contributed by atoms with E-state index in [1.54, 1.807) is 0 Å². The molecule has 0 amide bonds. The quantitative estimate of drug-likeness (QED) is 0.269. The van der Waals surface area contributed by atoms with Crippen LogP contribution in [0.1, 0.15) is 6.23 Å².